The molecule has 0 unspecified atom stereocenters. The lowest BCUT2D eigenvalue weighted by Crippen LogP contribution is -2.09. The molecule has 0 aliphatic carbocycles. The van der Waals surface area contributed by atoms with E-state index in [0.29, 0.717) is 11.3 Å². The highest BCUT2D eigenvalue weighted by Crippen LogP contribution is 2.42. The summed E-state index contributed by atoms with van der Waals surface area (Å²) in [7, 11) is 0. The molecule has 0 aliphatic rings. The SMILES string of the molecule is [C-]#[N+]c1ccc(-c2ccc(C#N)c(-n3c4ccccc4c4cc(C)ccc43)c2)cc1-n1c2ccccc2c2cc(N(c3ccccc3)c3ccccc3)ccc21. The molecule has 10 rings (SSSR count). The van der Waals surface area contributed by atoms with Gasteiger partial charge in [0.2, 0.25) is 5.69 Å². The van der Waals surface area contributed by atoms with Gasteiger partial charge in [0.05, 0.1) is 45.6 Å². The van der Waals surface area contributed by atoms with E-state index >= 15 is 0 Å². The number of benzene rings is 8. The Morgan fingerprint density at radius 1 is 0.482 bits per heavy atom. The predicted molar refractivity (Wildman–Crippen MR) is 231 cm³/mol. The number of fused-ring (bicyclic) bond motifs is 6. The molecule has 0 N–H and O–H groups in total. The number of nitrogens with zero attached hydrogens (tertiary/aromatic N) is 5. The Bertz CT molecular complexity index is 3190. The van der Waals surface area contributed by atoms with E-state index in [1.54, 1.807) is 0 Å². The summed E-state index contributed by atoms with van der Waals surface area (Å²) >= 11 is 0. The molecule has 56 heavy (non-hydrogen) atoms. The van der Waals surface area contributed by atoms with Crippen LogP contribution in [0.15, 0.2) is 182 Å². The quantitative estimate of drug-likeness (QED) is 0.161. The van der Waals surface area contributed by atoms with Crippen molar-refractivity contribution in [1.82, 2.24) is 9.13 Å². The molecule has 262 valence electrons. The van der Waals surface area contributed by atoms with E-state index in [-0.39, 0.29) is 0 Å². The van der Waals surface area contributed by atoms with Crippen LogP contribution in [0.5, 0.6) is 0 Å². The molecule has 0 radical (unpaired) electrons. The third-order valence-corrected chi connectivity index (χ3v) is 10.8. The third-order valence-electron chi connectivity index (χ3n) is 10.8. The summed E-state index contributed by atoms with van der Waals surface area (Å²) < 4.78 is 4.43. The molecule has 8 aromatic carbocycles. The van der Waals surface area contributed by atoms with Crippen molar-refractivity contribution >= 4 is 66.4 Å². The fourth-order valence-corrected chi connectivity index (χ4v) is 8.27. The van der Waals surface area contributed by atoms with E-state index in [4.69, 9.17) is 6.57 Å². The molecule has 10 aromatic rings. The Hall–Kier alpha value is -7.86. The van der Waals surface area contributed by atoms with Gasteiger partial charge in [-0.1, -0.05) is 103 Å². The van der Waals surface area contributed by atoms with Crippen LogP contribution in [-0.2, 0) is 0 Å². The molecule has 0 spiro atoms. The van der Waals surface area contributed by atoms with Crippen LogP contribution in [0.25, 0.3) is 71.0 Å². The highest BCUT2D eigenvalue weighted by Gasteiger charge is 2.20. The van der Waals surface area contributed by atoms with Crippen LogP contribution in [0.4, 0.5) is 22.7 Å². The van der Waals surface area contributed by atoms with Crippen molar-refractivity contribution in [2.75, 3.05) is 4.90 Å². The Labute approximate surface area is 324 Å². The van der Waals surface area contributed by atoms with Gasteiger partial charge in [0, 0.05) is 38.6 Å². The van der Waals surface area contributed by atoms with E-state index in [0.717, 1.165) is 83.2 Å². The van der Waals surface area contributed by atoms with E-state index in [1.165, 1.54) is 5.56 Å². The van der Waals surface area contributed by atoms with Crippen LogP contribution < -0.4 is 4.90 Å². The number of para-hydroxylation sites is 4. The van der Waals surface area contributed by atoms with Crippen molar-refractivity contribution < 1.29 is 0 Å². The molecule has 2 heterocycles. The van der Waals surface area contributed by atoms with Crippen molar-refractivity contribution in [2.24, 2.45) is 0 Å². The van der Waals surface area contributed by atoms with Crippen molar-refractivity contribution in [3.8, 4) is 28.6 Å². The number of aryl methyl sites for hydroxylation is 1. The van der Waals surface area contributed by atoms with Gasteiger partial charge in [-0.2, -0.15) is 5.26 Å². The molecular formula is C51H33N5. The van der Waals surface area contributed by atoms with Crippen LogP contribution in [0.3, 0.4) is 0 Å². The van der Waals surface area contributed by atoms with Crippen LogP contribution in [-0.4, -0.2) is 9.13 Å². The first-order valence-corrected chi connectivity index (χ1v) is 18.6. The molecule has 0 atom stereocenters. The van der Waals surface area contributed by atoms with Gasteiger partial charge in [0.15, 0.2) is 0 Å². The number of nitriles is 1. The van der Waals surface area contributed by atoms with Gasteiger partial charge >= 0.3 is 0 Å². The zero-order valence-electron chi connectivity index (χ0n) is 30.6. The first kappa shape index (κ1) is 32.8. The van der Waals surface area contributed by atoms with E-state index in [9.17, 15) is 5.26 Å². The summed E-state index contributed by atoms with van der Waals surface area (Å²) in [5.41, 5.74) is 13.2. The van der Waals surface area contributed by atoms with E-state index < -0.39 is 0 Å². The molecule has 0 saturated carbocycles. The second-order valence-corrected chi connectivity index (χ2v) is 14.1. The minimum Gasteiger partial charge on any atom is -0.319 e. The van der Waals surface area contributed by atoms with Gasteiger partial charge in [-0.25, -0.2) is 4.85 Å². The van der Waals surface area contributed by atoms with Gasteiger partial charge in [-0.3, -0.25) is 0 Å². The summed E-state index contributed by atoms with van der Waals surface area (Å²) in [6, 6.07) is 65.3. The van der Waals surface area contributed by atoms with Crippen LogP contribution in [0.1, 0.15) is 11.1 Å². The summed E-state index contributed by atoms with van der Waals surface area (Å²) in [6.45, 7) is 10.4. The number of hydrogen-bond donors (Lipinski definition) is 0. The topological polar surface area (TPSA) is 41.2 Å². The van der Waals surface area contributed by atoms with Crippen LogP contribution in [0, 0.1) is 24.8 Å². The third kappa shape index (κ3) is 5.22. The lowest BCUT2D eigenvalue weighted by Gasteiger charge is -2.25. The number of anilines is 3. The normalized spacial score (nSPS) is 11.3. The standard InChI is InChI=1S/C51H33N5/c1-34-21-27-48-43(29-34)41-17-9-11-19-46(41)55(48)50-30-35(22-23-37(50)33-52)36-24-26-45(53-2)51(31-36)56-47-20-12-10-18-42(47)44-32-40(25-28-49(44)56)54(38-13-5-3-6-14-38)39-15-7-4-8-16-39/h3-32H,1H3. The Morgan fingerprint density at radius 2 is 1.00 bits per heavy atom. The molecule has 0 amide bonds. The second kappa shape index (κ2) is 13.2. The van der Waals surface area contributed by atoms with Gasteiger partial charge in [0.1, 0.15) is 6.07 Å². The van der Waals surface area contributed by atoms with Crippen molar-refractivity contribution in [3.63, 3.8) is 0 Å². The zero-order valence-corrected chi connectivity index (χ0v) is 30.6. The highest BCUT2D eigenvalue weighted by molar-refractivity contribution is 6.12. The lowest BCUT2D eigenvalue weighted by atomic mass is 10.0. The Morgan fingerprint density at radius 3 is 1.62 bits per heavy atom. The minimum atomic E-state index is 0.558. The smallest absolute Gasteiger partial charge is 0.210 e. The van der Waals surface area contributed by atoms with Crippen LogP contribution >= 0.6 is 0 Å². The molecule has 0 aliphatic heterocycles. The Balaban J connectivity index is 1.16. The highest BCUT2D eigenvalue weighted by atomic mass is 15.1. The number of aromatic nitrogens is 2. The molecule has 5 heteroatoms. The fraction of sp³-hybridized carbons (Fsp3) is 0.0196. The maximum Gasteiger partial charge on any atom is 0.210 e. The minimum absolute atomic E-state index is 0.558. The maximum atomic E-state index is 10.4. The number of hydrogen-bond acceptors (Lipinski definition) is 2. The molecule has 2 aromatic heterocycles. The van der Waals surface area contributed by atoms with Crippen molar-refractivity contribution in [3.05, 3.63) is 205 Å². The Kier molecular flexibility index (Phi) is 7.73. The van der Waals surface area contributed by atoms with Gasteiger partial charge in [0.25, 0.3) is 0 Å². The van der Waals surface area contributed by atoms with E-state index in [1.807, 2.05) is 42.5 Å². The van der Waals surface area contributed by atoms with Crippen molar-refractivity contribution in [1.29, 1.82) is 5.26 Å². The first-order valence-electron chi connectivity index (χ1n) is 18.6. The molecule has 0 bridgehead atoms. The summed E-state index contributed by atoms with van der Waals surface area (Å²) in [4.78, 5) is 6.31. The summed E-state index contributed by atoms with van der Waals surface area (Å²) in [6.07, 6.45) is 0. The second-order valence-electron chi connectivity index (χ2n) is 14.1. The van der Waals surface area contributed by atoms with Crippen molar-refractivity contribution in [2.45, 2.75) is 6.92 Å². The summed E-state index contributed by atoms with van der Waals surface area (Å²) in [5, 5.41) is 14.9. The molecular weight excluding hydrogens is 683 g/mol. The lowest BCUT2D eigenvalue weighted by molar-refractivity contribution is 1.16. The monoisotopic (exact) mass is 715 g/mol. The predicted octanol–water partition coefficient (Wildman–Crippen LogP) is 13.7. The average Bonchev–Trinajstić information content (AvgIpc) is 3.76. The maximum absolute atomic E-state index is 10.4. The number of rotatable bonds is 6. The largest absolute Gasteiger partial charge is 0.319 e. The summed E-state index contributed by atoms with van der Waals surface area (Å²) in [5.74, 6) is 0. The molecule has 0 saturated heterocycles. The average molecular weight is 716 g/mol. The van der Waals surface area contributed by atoms with Gasteiger partial charge < -0.3 is 14.0 Å². The first-order chi connectivity index (χ1) is 27.6. The zero-order chi connectivity index (χ0) is 37.8. The van der Waals surface area contributed by atoms with Gasteiger partial charge in [-0.05, 0) is 103 Å². The van der Waals surface area contributed by atoms with Gasteiger partial charge in [-0.15, -0.1) is 0 Å². The molecule has 5 nitrogen and oxygen atoms in total. The fourth-order valence-electron chi connectivity index (χ4n) is 8.27. The van der Waals surface area contributed by atoms with E-state index in [2.05, 4.69) is 171 Å². The molecule has 0 fully saturated rings. The van der Waals surface area contributed by atoms with Crippen LogP contribution in [0.2, 0.25) is 0 Å².